The molecule has 7 nitrogen and oxygen atoms in total. The lowest BCUT2D eigenvalue weighted by atomic mass is 9.79. The van der Waals surface area contributed by atoms with E-state index in [0.717, 1.165) is 17.7 Å². The van der Waals surface area contributed by atoms with Crippen LogP contribution in [-0.4, -0.2) is 48.3 Å². The Labute approximate surface area is 159 Å². The highest BCUT2D eigenvalue weighted by Crippen LogP contribution is 2.46. The van der Waals surface area contributed by atoms with Crippen molar-refractivity contribution in [2.45, 2.75) is 50.6 Å². The summed E-state index contributed by atoms with van der Waals surface area (Å²) in [6, 6.07) is 6.25. The number of benzene rings is 1. The molecule has 0 bridgehead atoms. The lowest BCUT2D eigenvalue weighted by Gasteiger charge is -2.28. The number of para-hydroxylation sites is 1. The number of likely N-dealkylation sites (tertiary alicyclic amines) is 1. The predicted molar refractivity (Wildman–Crippen MR) is 103 cm³/mol. The zero-order chi connectivity index (χ0) is 19.8. The molecule has 3 rings (SSSR count). The van der Waals surface area contributed by atoms with Gasteiger partial charge in [0.05, 0.1) is 11.5 Å². The second kappa shape index (κ2) is 7.31. The van der Waals surface area contributed by atoms with Gasteiger partial charge in [-0.05, 0) is 43.9 Å². The highest BCUT2D eigenvalue weighted by molar-refractivity contribution is 6.08. The molecule has 2 heterocycles. The highest BCUT2D eigenvalue weighted by atomic mass is 16.2. The smallest absolute Gasteiger partial charge is 0.240 e. The fraction of sp³-hybridized carbons (Fsp3) is 0.550. The Kier molecular flexibility index (Phi) is 5.24. The second-order valence-electron chi connectivity index (χ2n) is 7.98. The fourth-order valence-electron chi connectivity index (χ4n) is 4.22. The van der Waals surface area contributed by atoms with E-state index in [2.05, 4.69) is 24.5 Å². The van der Waals surface area contributed by atoms with E-state index < -0.39 is 23.4 Å². The molecule has 0 radical (unpaired) electrons. The van der Waals surface area contributed by atoms with E-state index in [1.54, 1.807) is 7.05 Å². The van der Waals surface area contributed by atoms with Gasteiger partial charge in [-0.25, -0.2) is 0 Å². The van der Waals surface area contributed by atoms with Crippen molar-refractivity contribution in [3.05, 3.63) is 29.8 Å². The molecule has 0 saturated carbocycles. The van der Waals surface area contributed by atoms with E-state index in [0.29, 0.717) is 12.3 Å². The minimum atomic E-state index is -0.914. The molecular formula is C20H28N4O3. The van der Waals surface area contributed by atoms with Crippen molar-refractivity contribution < 1.29 is 14.4 Å². The molecule has 0 aromatic heterocycles. The van der Waals surface area contributed by atoms with Crippen LogP contribution in [0.4, 0.5) is 5.69 Å². The third kappa shape index (κ3) is 3.32. The molecule has 1 saturated heterocycles. The molecule has 1 spiro atoms. The van der Waals surface area contributed by atoms with Gasteiger partial charge < -0.3 is 21.3 Å². The zero-order valence-electron chi connectivity index (χ0n) is 16.1. The van der Waals surface area contributed by atoms with Crippen LogP contribution in [0.2, 0.25) is 0 Å². The van der Waals surface area contributed by atoms with Crippen LogP contribution in [-0.2, 0) is 19.8 Å². The van der Waals surface area contributed by atoms with Crippen molar-refractivity contribution in [3.63, 3.8) is 0 Å². The van der Waals surface area contributed by atoms with Gasteiger partial charge in [-0.1, -0.05) is 32.0 Å². The maximum absolute atomic E-state index is 13.2. The average Bonchev–Trinajstić information content (AvgIpc) is 3.16. The van der Waals surface area contributed by atoms with Gasteiger partial charge in [-0.15, -0.1) is 0 Å². The van der Waals surface area contributed by atoms with Crippen molar-refractivity contribution in [1.29, 1.82) is 0 Å². The molecule has 0 unspecified atom stereocenters. The molecule has 0 aliphatic carbocycles. The standard InChI is InChI=1S/C20H28N4O3/c1-12(2)8-9-15(22-3)18(26)24-11-20(10-16(24)17(21)25)13-6-4-5-7-14(13)23-19(20)27/h4-7,12,15-16,22H,8-11H2,1-3H3,(H2,21,25)(H,23,27)/t15-,16-,20-/m0/s1. The molecule has 2 aliphatic rings. The molecule has 1 fully saturated rings. The molecule has 3 atom stereocenters. The van der Waals surface area contributed by atoms with Gasteiger partial charge in [0, 0.05) is 12.2 Å². The Morgan fingerprint density at radius 2 is 2.04 bits per heavy atom. The van der Waals surface area contributed by atoms with Crippen LogP contribution in [0.15, 0.2) is 24.3 Å². The number of primary amides is 1. The lowest BCUT2D eigenvalue weighted by molar-refractivity contribution is -0.139. The van der Waals surface area contributed by atoms with E-state index >= 15 is 0 Å². The van der Waals surface area contributed by atoms with Gasteiger partial charge in [-0.2, -0.15) is 0 Å². The monoisotopic (exact) mass is 372 g/mol. The van der Waals surface area contributed by atoms with Crippen molar-refractivity contribution in [2.24, 2.45) is 11.7 Å². The van der Waals surface area contributed by atoms with Crippen LogP contribution in [0.3, 0.4) is 0 Å². The predicted octanol–water partition coefficient (Wildman–Crippen LogP) is 0.987. The van der Waals surface area contributed by atoms with Gasteiger partial charge in [0.2, 0.25) is 17.7 Å². The molecule has 2 aliphatic heterocycles. The number of amides is 3. The Morgan fingerprint density at radius 1 is 1.33 bits per heavy atom. The maximum atomic E-state index is 13.2. The summed E-state index contributed by atoms with van der Waals surface area (Å²) in [6.07, 6.45) is 1.78. The summed E-state index contributed by atoms with van der Waals surface area (Å²) in [4.78, 5) is 39.6. The number of nitrogens with two attached hydrogens (primary N) is 1. The average molecular weight is 372 g/mol. The number of hydrogen-bond acceptors (Lipinski definition) is 4. The van der Waals surface area contributed by atoms with Crippen molar-refractivity contribution >= 4 is 23.4 Å². The summed E-state index contributed by atoms with van der Waals surface area (Å²) in [6.45, 7) is 4.38. The summed E-state index contributed by atoms with van der Waals surface area (Å²) in [7, 11) is 1.74. The lowest BCUT2D eigenvalue weighted by Crippen LogP contribution is -2.51. The number of rotatable bonds is 6. The summed E-state index contributed by atoms with van der Waals surface area (Å²) in [5.74, 6) is -0.446. The van der Waals surface area contributed by atoms with Crippen molar-refractivity contribution in [1.82, 2.24) is 10.2 Å². The topological polar surface area (TPSA) is 105 Å². The van der Waals surface area contributed by atoms with Crippen LogP contribution in [0.5, 0.6) is 0 Å². The number of carbonyl (C=O) groups excluding carboxylic acids is 3. The maximum Gasteiger partial charge on any atom is 0.240 e. The number of nitrogens with zero attached hydrogens (tertiary/aromatic N) is 1. The number of likely N-dealkylation sites (N-methyl/N-ethyl adjacent to an activating group) is 1. The van der Waals surface area contributed by atoms with Crippen molar-refractivity contribution in [2.75, 3.05) is 18.9 Å². The second-order valence-corrected chi connectivity index (χ2v) is 7.98. The van der Waals surface area contributed by atoms with E-state index in [1.807, 2.05) is 24.3 Å². The first-order valence-electron chi connectivity index (χ1n) is 9.48. The number of fused-ring (bicyclic) bond motifs is 2. The normalized spacial score (nSPS) is 25.0. The summed E-state index contributed by atoms with van der Waals surface area (Å²) in [5.41, 5.74) is 6.28. The number of carbonyl (C=O) groups is 3. The van der Waals surface area contributed by atoms with Gasteiger partial charge in [0.25, 0.3) is 0 Å². The molecule has 3 amide bonds. The van der Waals surface area contributed by atoms with Gasteiger partial charge >= 0.3 is 0 Å². The molecule has 1 aromatic rings. The van der Waals surface area contributed by atoms with Gasteiger partial charge in [0.1, 0.15) is 6.04 Å². The van der Waals surface area contributed by atoms with Crippen LogP contribution in [0.1, 0.15) is 38.7 Å². The zero-order valence-corrected chi connectivity index (χ0v) is 16.1. The minimum absolute atomic E-state index is 0.169. The molecule has 7 heteroatoms. The van der Waals surface area contributed by atoms with Crippen LogP contribution in [0, 0.1) is 5.92 Å². The SMILES string of the molecule is CN[C@@H](CCC(C)C)C(=O)N1C[C@]2(C[C@H]1C(N)=O)C(=O)Nc1ccccc12. The molecule has 27 heavy (non-hydrogen) atoms. The molecular weight excluding hydrogens is 344 g/mol. The largest absolute Gasteiger partial charge is 0.368 e. The Morgan fingerprint density at radius 3 is 2.67 bits per heavy atom. The van der Waals surface area contributed by atoms with Gasteiger partial charge in [0.15, 0.2) is 0 Å². The molecule has 1 aromatic carbocycles. The summed E-state index contributed by atoms with van der Waals surface area (Å²) in [5, 5.41) is 5.95. The number of nitrogens with one attached hydrogen (secondary N) is 2. The third-order valence-corrected chi connectivity index (χ3v) is 5.77. The van der Waals surface area contributed by atoms with E-state index in [4.69, 9.17) is 5.73 Å². The third-order valence-electron chi connectivity index (χ3n) is 5.77. The van der Waals surface area contributed by atoms with Crippen LogP contribution in [0.25, 0.3) is 0 Å². The summed E-state index contributed by atoms with van der Waals surface area (Å²) >= 11 is 0. The molecule has 146 valence electrons. The fourth-order valence-corrected chi connectivity index (χ4v) is 4.22. The van der Waals surface area contributed by atoms with Crippen molar-refractivity contribution in [3.8, 4) is 0 Å². The van der Waals surface area contributed by atoms with Crippen LogP contribution >= 0.6 is 0 Å². The molecule has 4 N–H and O–H groups in total. The Balaban J connectivity index is 1.91. The first kappa shape index (κ1) is 19.4. The summed E-state index contributed by atoms with van der Waals surface area (Å²) < 4.78 is 0. The van der Waals surface area contributed by atoms with E-state index in [1.165, 1.54) is 4.90 Å². The Bertz CT molecular complexity index is 763. The highest BCUT2D eigenvalue weighted by Gasteiger charge is 2.57. The van der Waals surface area contributed by atoms with E-state index in [9.17, 15) is 14.4 Å². The number of hydrogen-bond donors (Lipinski definition) is 3. The van der Waals surface area contributed by atoms with Crippen LogP contribution < -0.4 is 16.4 Å². The van der Waals surface area contributed by atoms with E-state index in [-0.39, 0.29) is 24.8 Å². The van der Waals surface area contributed by atoms with Gasteiger partial charge in [-0.3, -0.25) is 14.4 Å². The first-order chi connectivity index (χ1) is 12.8. The minimum Gasteiger partial charge on any atom is -0.368 e. The number of anilines is 1. The first-order valence-corrected chi connectivity index (χ1v) is 9.48. The quantitative estimate of drug-likeness (QED) is 0.692. The Hall–Kier alpha value is -2.41.